The molecule has 28 heavy (non-hydrogen) atoms. The fraction of sp³-hybridized carbons (Fsp3) is 0.524. The molecule has 7 heteroatoms. The van der Waals surface area contributed by atoms with Crippen molar-refractivity contribution in [1.29, 1.82) is 0 Å². The maximum absolute atomic E-state index is 14.1. The first-order chi connectivity index (χ1) is 12.9. The van der Waals surface area contributed by atoms with Crippen molar-refractivity contribution in [2.45, 2.75) is 63.6 Å². The number of rotatable bonds is 4. The van der Waals surface area contributed by atoms with Gasteiger partial charge in [-0.15, -0.1) is 0 Å². The molecular weight excluding hydrogens is 370 g/mol. The SMILES string of the molecule is C=C1c2cc(C(C)(F)F)cc(C(N)C(C)(F)F)c2NC(C2=CCCCC2)N1C. The minimum atomic E-state index is -3.26. The lowest BCUT2D eigenvalue weighted by molar-refractivity contribution is -0.00689. The molecule has 0 radical (unpaired) electrons. The van der Waals surface area contributed by atoms with Crippen LogP contribution in [-0.4, -0.2) is 24.0 Å². The summed E-state index contributed by atoms with van der Waals surface area (Å²) in [6, 6.07) is 0.698. The van der Waals surface area contributed by atoms with Crippen LogP contribution < -0.4 is 11.1 Å². The zero-order valence-corrected chi connectivity index (χ0v) is 16.5. The van der Waals surface area contributed by atoms with Crippen LogP contribution in [0.5, 0.6) is 0 Å². The molecule has 3 rings (SSSR count). The molecule has 3 nitrogen and oxygen atoms in total. The molecule has 0 spiro atoms. The van der Waals surface area contributed by atoms with Gasteiger partial charge in [0.1, 0.15) is 6.17 Å². The van der Waals surface area contributed by atoms with Crippen LogP contribution in [0.1, 0.15) is 62.3 Å². The number of hydrogen-bond donors (Lipinski definition) is 2. The van der Waals surface area contributed by atoms with Gasteiger partial charge in [-0.25, -0.2) is 17.6 Å². The maximum atomic E-state index is 14.1. The molecule has 2 unspecified atom stereocenters. The molecular formula is C21H27F4N3. The fourth-order valence-electron chi connectivity index (χ4n) is 3.86. The van der Waals surface area contributed by atoms with Crippen molar-refractivity contribution < 1.29 is 17.6 Å². The predicted octanol–water partition coefficient (Wildman–Crippen LogP) is 5.61. The lowest BCUT2D eigenvalue weighted by Crippen LogP contribution is -2.43. The molecule has 2 aliphatic rings. The van der Waals surface area contributed by atoms with Crippen molar-refractivity contribution in [3.8, 4) is 0 Å². The Morgan fingerprint density at radius 1 is 1.21 bits per heavy atom. The van der Waals surface area contributed by atoms with Crippen LogP contribution in [-0.2, 0) is 5.92 Å². The van der Waals surface area contributed by atoms with Gasteiger partial charge in [-0.2, -0.15) is 0 Å². The van der Waals surface area contributed by atoms with Crippen LogP contribution >= 0.6 is 0 Å². The summed E-state index contributed by atoms with van der Waals surface area (Å²) in [6.45, 7) is 5.50. The molecule has 3 N–H and O–H groups in total. The maximum Gasteiger partial charge on any atom is 0.270 e. The highest BCUT2D eigenvalue weighted by molar-refractivity contribution is 5.81. The van der Waals surface area contributed by atoms with E-state index in [1.54, 1.807) is 0 Å². The monoisotopic (exact) mass is 397 g/mol. The first-order valence-corrected chi connectivity index (χ1v) is 9.48. The van der Waals surface area contributed by atoms with E-state index in [1.165, 1.54) is 6.07 Å². The van der Waals surface area contributed by atoms with Gasteiger partial charge in [0, 0.05) is 37.7 Å². The second-order valence-corrected chi connectivity index (χ2v) is 7.94. The summed E-state index contributed by atoms with van der Waals surface area (Å²) in [5.41, 5.74) is 7.84. The van der Waals surface area contributed by atoms with Gasteiger partial charge in [0.2, 0.25) is 0 Å². The van der Waals surface area contributed by atoms with E-state index in [4.69, 9.17) is 5.73 Å². The van der Waals surface area contributed by atoms with Gasteiger partial charge in [0.15, 0.2) is 0 Å². The Balaban J connectivity index is 2.17. The van der Waals surface area contributed by atoms with Crippen molar-refractivity contribution in [1.82, 2.24) is 4.90 Å². The molecule has 0 bridgehead atoms. The summed E-state index contributed by atoms with van der Waals surface area (Å²) in [5, 5.41) is 3.29. The molecule has 0 aromatic heterocycles. The number of nitrogens with zero attached hydrogens (tertiary/aromatic N) is 1. The summed E-state index contributed by atoms with van der Waals surface area (Å²) >= 11 is 0. The van der Waals surface area contributed by atoms with E-state index in [-0.39, 0.29) is 17.3 Å². The lowest BCUT2D eigenvalue weighted by Gasteiger charge is -2.42. The lowest BCUT2D eigenvalue weighted by atomic mass is 9.88. The largest absolute Gasteiger partial charge is 0.361 e. The van der Waals surface area contributed by atoms with E-state index in [1.807, 2.05) is 11.9 Å². The summed E-state index contributed by atoms with van der Waals surface area (Å²) in [7, 11) is 1.82. The average molecular weight is 397 g/mol. The first kappa shape index (κ1) is 20.7. The van der Waals surface area contributed by atoms with Gasteiger partial charge >= 0.3 is 0 Å². The van der Waals surface area contributed by atoms with E-state index < -0.39 is 17.9 Å². The van der Waals surface area contributed by atoms with E-state index in [2.05, 4.69) is 18.0 Å². The Bertz CT molecular complexity index is 805. The predicted molar refractivity (Wildman–Crippen MR) is 104 cm³/mol. The van der Waals surface area contributed by atoms with Crippen LogP contribution in [0.25, 0.3) is 5.70 Å². The minimum absolute atomic E-state index is 0.0165. The summed E-state index contributed by atoms with van der Waals surface area (Å²) < 4.78 is 56.2. The number of anilines is 1. The second-order valence-electron chi connectivity index (χ2n) is 7.94. The van der Waals surface area contributed by atoms with Crippen LogP contribution in [0.15, 0.2) is 30.4 Å². The Kier molecular flexibility index (Phi) is 5.25. The number of nitrogens with two attached hydrogens (primary N) is 1. The van der Waals surface area contributed by atoms with E-state index in [9.17, 15) is 17.6 Å². The smallest absolute Gasteiger partial charge is 0.270 e. The van der Waals surface area contributed by atoms with Crippen molar-refractivity contribution in [2.75, 3.05) is 12.4 Å². The quantitative estimate of drug-likeness (QED) is 0.513. The molecule has 1 aromatic rings. The van der Waals surface area contributed by atoms with Crippen LogP contribution in [0, 0.1) is 0 Å². The third-order valence-electron chi connectivity index (χ3n) is 5.64. The number of nitrogens with one attached hydrogen (secondary N) is 1. The van der Waals surface area contributed by atoms with Gasteiger partial charge in [-0.1, -0.05) is 12.7 Å². The summed E-state index contributed by atoms with van der Waals surface area (Å²) in [6.07, 6.45) is 5.91. The van der Waals surface area contributed by atoms with Gasteiger partial charge in [0.25, 0.3) is 11.8 Å². The van der Waals surface area contributed by atoms with Crippen molar-refractivity contribution in [3.05, 3.63) is 47.1 Å². The van der Waals surface area contributed by atoms with Crippen LogP contribution in [0.2, 0.25) is 0 Å². The molecule has 0 amide bonds. The molecule has 1 aromatic carbocycles. The third kappa shape index (κ3) is 3.77. The summed E-state index contributed by atoms with van der Waals surface area (Å²) in [5.74, 6) is -6.45. The molecule has 0 fully saturated rings. The topological polar surface area (TPSA) is 41.3 Å². The number of likely N-dealkylation sites (N-methyl/N-ethyl adjacent to an activating group) is 1. The van der Waals surface area contributed by atoms with Crippen molar-refractivity contribution in [2.24, 2.45) is 5.73 Å². The van der Waals surface area contributed by atoms with E-state index in [0.717, 1.165) is 44.2 Å². The van der Waals surface area contributed by atoms with Crippen molar-refractivity contribution in [3.63, 3.8) is 0 Å². The number of benzene rings is 1. The Morgan fingerprint density at radius 2 is 1.89 bits per heavy atom. The van der Waals surface area contributed by atoms with Gasteiger partial charge in [-0.05, 0) is 49.0 Å². The van der Waals surface area contributed by atoms with E-state index in [0.29, 0.717) is 23.9 Å². The van der Waals surface area contributed by atoms with Gasteiger partial charge in [-0.3, -0.25) is 0 Å². The Labute approximate surface area is 163 Å². The first-order valence-electron chi connectivity index (χ1n) is 9.48. The number of alkyl halides is 4. The molecule has 0 saturated carbocycles. The Morgan fingerprint density at radius 3 is 2.43 bits per heavy atom. The van der Waals surface area contributed by atoms with Crippen molar-refractivity contribution >= 4 is 11.4 Å². The molecule has 2 atom stereocenters. The highest BCUT2D eigenvalue weighted by atomic mass is 19.3. The van der Waals surface area contributed by atoms with Gasteiger partial charge in [0.05, 0.1) is 11.7 Å². The van der Waals surface area contributed by atoms with Crippen LogP contribution in [0.3, 0.4) is 0 Å². The van der Waals surface area contributed by atoms with Crippen LogP contribution in [0.4, 0.5) is 23.2 Å². The zero-order chi connectivity index (χ0) is 20.9. The highest BCUT2D eigenvalue weighted by Gasteiger charge is 2.39. The molecule has 1 aliphatic carbocycles. The number of fused-ring (bicyclic) bond motifs is 1. The molecule has 1 heterocycles. The van der Waals surface area contributed by atoms with Gasteiger partial charge < -0.3 is 16.0 Å². The average Bonchev–Trinajstić information content (AvgIpc) is 2.62. The second kappa shape index (κ2) is 7.10. The standard InChI is InChI=1S/C21H27F4N3/c1-12-15-10-14(20(2,22)23)11-16(18(26)21(3,24)25)17(15)27-19(28(12)4)13-8-6-5-7-9-13/h8,10-11,18-19,27H,1,5-7,9,26H2,2-4H3. The molecule has 0 saturated heterocycles. The van der Waals surface area contributed by atoms with E-state index >= 15 is 0 Å². The number of halogens is 4. The number of hydrogen-bond acceptors (Lipinski definition) is 3. The zero-order valence-electron chi connectivity index (χ0n) is 16.5. The summed E-state index contributed by atoms with van der Waals surface area (Å²) in [4.78, 5) is 1.87. The molecule has 1 aliphatic heterocycles. The highest BCUT2D eigenvalue weighted by Crippen LogP contribution is 2.45. The normalized spacial score (nSPS) is 21.7. The fourth-order valence-corrected chi connectivity index (χ4v) is 3.86. The molecule has 154 valence electrons. The minimum Gasteiger partial charge on any atom is -0.361 e. The Hall–Kier alpha value is -2.02. The third-order valence-corrected chi connectivity index (χ3v) is 5.64. The number of allylic oxidation sites excluding steroid dienone is 1.